The molecule has 0 heterocycles. The molecule has 0 atom stereocenters. The van der Waals surface area contributed by atoms with E-state index in [1.54, 1.807) is 0 Å². The maximum atomic E-state index is 2.28. The van der Waals surface area contributed by atoms with Crippen LogP contribution in [0.2, 0.25) is 0 Å². The second kappa shape index (κ2) is 8.15. The minimum atomic E-state index is 0.615. The van der Waals surface area contributed by atoms with Gasteiger partial charge in [-0.1, -0.05) is 88.4 Å². The Morgan fingerprint density at radius 3 is 1.67 bits per heavy atom. The zero-order valence-corrected chi connectivity index (χ0v) is 15.9. The van der Waals surface area contributed by atoms with Gasteiger partial charge < -0.3 is 0 Å². The van der Waals surface area contributed by atoms with Crippen molar-refractivity contribution in [1.82, 2.24) is 0 Å². The molecule has 24 heavy (non-hydrogen) atoms. The smallest absolute Gasteiger partial charge is 0.0181 e. The monoisotopic (exact) mass is 318 g/mol. The highest BCUT2D eigenvalue weighted by Gasteiger charge is 2.00. The first-order valence-corrected chi connectivity index (χ1v) is 8.94. The van der Waals surface area contributed by atoms with Crippen LogP contribution < -0.4 is 0 Å². The maximum Gasteiger partial charge on any atom is -0.0181 e. The van der Waals surface area contributed by atoms with Crippen LogP contribution in [-0.4, -0.2) is 0 Å². The number of rotatable bonds is 2. The first kappa shape index (κ1) is 18.3. The SMILES string of the molecule is CC(C)c1ccc2ccccc2c1.Cc1ccc(C(C)C)cc1C. The molecule has 0 bridgehead atoms. The molecule has 3 rings (SSSR count). The van der Waals surface area contributed by atoms with Crippen molar-refractivity contribution >= 4 is 10.8 Å². The lowest BCUT2D eigenvalue weighted by molar-refractivity contribution is 0.864. The van der Waals surface area contributed by atoms with Crippen molar-refractivity contribution < 1.29 is 0 Å². The van der Waals surface area contributed by atoms with E-state index in [2.05, 4.69) is 102 Å². The fourth-order valence-electron chi connectivity index (χ4n) is 2.69. The molecule has 0 aliphatic carbocycles. The van der Waals surface area contributed by atoms with Gasteiger partial charge >= 0.3 is 0 Å². The molecule has 3 aromatic rings. The van der Waals surface area contributed by atoms with E-state index in [4.69, 9.17) is 0 Å². The minimum absolute atomic E-state index is 0.615. The summed E-state index contributed by atoms with van der Waals surface area (Å²) >= 11 is 0. The molecule has 0 aliphatic rings. The molecule has 0 fully saturated rings. The van der Waals surface area contributed by atoms with Gasteiger partial charge in [0.15, 0.2) is 0 Å². The Kier molecular flexibility index (Phi) is 6.20. The predicted octanol–water partition coefficient (Wildman–Crippen LogP) is 7.39. The molecule has 0 heteroatoms. The highest BCUT2D eigenvalue weighted by Crippen LogP contribution is 2.20. The van der Waals surface area contributed by atoms with Crippen molar-refractivity contribution in [2.75, 3.05) is 0 Å². The average Bonchev–Trinajstić information content (AvgIpc) is 2.57. The number of aryl methyl sites for hydroxylation is 2. The Morgan fingerprint density at radius 2 is 1.08 bits per heavy atom. The van der Waals surface area contributed by atoms with Crippen molar-refractivity contribution in [2.45, 2.75) is 53.4 Å². The van der Waals surface area contributed by atoms with Crippen LogP contribution in [0.1, 0.15) is 61.8 Å². The summed E-state index contributed by atoms with van der Waals surface area (Å²) in [4.78, 5) is 0. The van der Waals surface area contributed by atoms with Crippen molar-refractivity contribution in [3.63, 3.8) is 0 Å². The summed E-state index contributed by atoms with van der Waals surface area (Å²) in [6.45, 7) is 13.2. The fourth-order valence-corrected chi connectivity index (χ4v) is 2.69. The molecule has 126 valence electrons. The normalized spacial score (nSPS) is 10.8. The first-order chi connectivity index (χ1) is 11.4. The van der Waals surface area contributed by atoms with E-state index in [9.17, 15) is 0 Å². The largest absolute Gasteiger partial charge is 0.0616 e. The van der Waals surface area contributed by atoms with Gasteiger partial charge in [-0.2, -0.15) is 0 Å². The van der Waals surface area contributed by atoms with E-state index in [0.29, 0.717) is 11.8 Å². The van der Waals surface area contributed by atoms with Gasteiger partial charge in [-0.25, -0.2) is 0 Å². The number of benzene rings is 3. The van der Waals surface area contributed by atoms with Crippen LogP contribution in [0, 0.1) is 13.8 Å². The van der Waals surface area contributed by atoms with Gasteiger partial charge in [0.1, 0.15) is 0 Å². The summed E-state index contributed by atoms with van der Waals surface area (Å²) < 4.78 is 0. The van der Waals surface area contributed by atoms with Crippen LogP contribution in [0.3, 0.4) is 0 Å². The number of hydrogen-bond acceptors (Lipinski definition) is 0. The summed E-state index contributed by atoms with van der Waals surface area (Å²) in [5.41, 5.74) is 5.64. The summed E-state index contributed by atoms with van der Waals surface area (Å²) in [6, 6.07) is 21.9. The van der Waals surface area contributed by atoms with Crippen LogP contribution in [0.5, 0.6) is 0 Å². The first-order valence-electron chi connectivity index (χ1n) is 8.94. The summed E-state index contributed by atoms with van der Waals surface area (Å²) in [5, 5.41) is 2.67. The van der Waals surface area contributed by atoms with Gasteiger partial charge in [-0.3, -0.25) is 0 Å². The van der Waals surface area contributed by atoms with Crippen molar-refractivity contribution in [3.05, 3.63) is 82.9 Å². The zero-order valence-electron chi connectivity index (χ0n) is 15.9. The third-order valence-corrected chi connectivity index (χ3v) is 4.64. The van der Waals surface area contributed by atoms with E-state index < -0.39 is 0 Å². The molecular formula is C24H30. The van der Waals surface area contributed by atoms with Crippen molar-refractivity contribution in [2.24, 2.45) is 0 Å². The van der Waals surface area contributed by atoms with Gasteiger partial charge in [0.05, 0.1) is 0 Å². The molecule has 0 saturated heterocycles. The number of hydrogen-bond donors (Lipinski definition) is 0. The summed E-state index contributed by atoms with van der Waals surface area (Å²) in [5.74, 6) is 1.26. The number of fused-ring (bicyclic) bond motifs is 1. The minimum Gasteiger partial charge on any atom is -0.0616 e. The third kappa shape index (κ3) is 4.71. The van der Waals surface area contributed by atoms with Crippen molar-refractivity contribution in [1.29, 1.82) is 0 Å². The van der Waals surface area contributed by atoms with Crippen molar-refractivity contribution in [3.8, 4) is 0 Å². The van der Waals surface area contributed by atoms with E-state index in [1.165, 1.54) is 33.0 Å². The quantitative estimate of drug-likeness (QED) is 0.462. The second-order valence-corrected chi connectivity index (χ2v) is 7.26. The second-order valence-electron chi connectivity index (χ2n) is 7.26. The van der Waals surface area contributed by atoms with Gasteiger partial charge in [-0.05, 0) is 58.7 Å². The Balaban J connectivity index is 0.000000177. The molecule has 0 aliphatic heterocycles. The summed E-state index contributed by atoms with van der Waals surface area (Å²) in [7, 11) is 0. The molecule has 0 nitrogen and oxygen atoms in total. The maximum absolute atomic E-state index is 2.28. The van der Waals surface area contributed by atoms with E-state index in [0.717, 1.165) is 0 Å². The summed E-state index contributed by atoms with van der Waals surface area (Å²) in [6.07, 6.45) is 0. The molecule has 3 aromatic carbocycles. The molecule has 0 saturated carbocycles. The van der Waals surface area contributed by atoms with E-state index in [-0.39, 0.29) is 0 Å². The van der Waals surface area contributed by atoms with Crippen LogP contribution in [0.25, 0.3) is 10.8 Å². The molecule has 0 radical (unpaired) electrons. The Bertz CT molecular complexity index is 794. The Hall–Kier alpha value is -2.08. The Morgan fingerprint density at radius 1 is 0.542 bits per heavy atom. The van der Waals surface area contributed by atoms with Gasteiger partial charge in [0.25, 0.3) is 0 Å². The van der Waals surface area contributed by atoms with Crippen LogP contribution in [0.4, 0.5) is 0 Å². The molecular weight excluding hydrogens is 288 g/mol. The average molecular weight is 319 g/mol. The lowest BCUT2D eigenvalue weighted by Gasteiger charge is -2.07. The van der Waals surface area contributed by atoms with E-state index >= 15 is 0 Å². The van der Waals surface area contributed by atoms with Gasteiger partial charge in [-0.15, -0.1) is 0 Å². The molecule has 0 unspecified atom stereocenters. The molecule has 0 amide bonds. The fraction of sp³-hybridized carbons (Fsp3) is 0.333. The van der Waals surface area contributed by atoms with Gasteiger partial charge in [0.2, 0.25) is 0 Å². The van der Waals surface area contributed by atoms with E-state index in [1.807, 2.05) is 0 Å². The predicted molar refractivity (Wildman–Crippen MR) is 108 cm³/mol. The zero-order chi connectivity index (χ0) is 17.7. The highest BCUT2D eigenvalue weighted by atomic mass is 14.1. The van der Waals surface area contributed by atoms with Crippen LogP contribution in [0.15, 0.2) is 60.7 Å². The third-order valence-electron chi connectivity index (χ3n) is 4.64. The standard InChI is InChI=1S/C13H14.C11H16/c1-10(2)12-8-7-11-5-3-4-6-13(11)9-12;1-8(2)11-6-5-9(3)10(4)7-11/h3-10H,1-2H3;5-8H,1-4H3. The molecule has 0 spiro atoms. The molecule has 0 N–H and O–H groups in total. The topological polar surface area (TPSA) is 0 Å². The van der Waals surface area contributed by atoms with Crippen LogP contribution >= 0.6 is 0 Å². The lowest BCUT2D eigenvalue weighted by atomic mass is 9.99. The lowest BCUT2D eigenvalue weighted by Crippen LogP contribution is -1.89. The highest BCUT2D eigenvalue weighted by molar-refractivity contribution is 5.83. The molecule has 0 aromatic heterocycles. The van der Waals surface area contributed by atoms with Gasteiger partial charge in [0, 0.05) is 0 Å². The Labute approximate surface area is 147 Å². The van der Waals surface area contributed by atoms with Crippen LogP contribution in [-0.2, 0) is 0 Å².